The third kappa shape index (κ3) is 3.11. The van der Waals surface area contributed by atoms with E-state index in [2.05, 4.69) is 15.5 Å². The number of nitrogens with one attached hydrogen (secondary N) is 2. The largest absolute Gasteiger partial charge is 0.314 e. The van der Waals surface area contributed by atoms with E-state index in [0.29, 0.717) is 6.04 Å². The Bertz CT molecular complexity index is 503. The number of fused-ring (bicyclic) bond motifs is 1. The van der Waals surface area contributed by atoms with E-state index in [1.807, 2.05) is 0 Å². The molecule has 2 aliphatic rings. The van der Waals surface area contributed by atoms with E-state index in [-0.39, 0.29) is 5.56 Å². The predicted octanol–water partition coefficient (Wildman–Crippen LogP) is 2.11. The molecule has 0 spiro atoms. The zero-order chi connectivity index (χ0) is 13.8. The van der Waals surface area contributed by atoms with Crippen LogP contribution in [0.4, 0.5) is 0 Å². The zero-order valence-electron chi connectivity index (χ0n) is 12.2. The molecule has 0 aromatic carbocycles. The van der Waals surface area contributed by atoms with Gasteiger partial charge in [-0.3, -0.25) is 4.79 Å². The molecule has 0 atom stereocenters. The maximum atomic E-state index is 11.8. The van der Waals surface area contributed by atoms with Crippen LogP contribution in [0.5, 0.6) is 0 Å². The lowest BCUT2D eigenvalue weighted by atomic mass is 9.91. The molecule has 2 N–H and O–H groups in total. The monoisotopic (exact) mass is 275 g/mol. The molecule has 0 aliphatic heterocycles. The Morgan fingerprint density at radius 3 is 2.60 bits per heavy atom. The first kappa shape index (κ1) is 13.8. The number of H-pyrrole nitrogens is 1. The number of rotatable bonds is 4. The Labute approximate surface area is 120 Å². The van der Waals surface area contributed by atoms with Crippen LogP contribution in [0.2, 0.25) is 0 Å². The van der Waals surface area contributed by atoms with Crippen molar-refractivity contribution in [2.75, 3.05) is 6.54 Å². The fourth-order valence-electron chi connectivity index (χ4n) is 3.64. The number of hydrogen-bond acceptors (Lipinski definition) is 3. The van der Waals surface area contributed by atoms with Crippen LogP contribution >= 0.6 is 0 Å². The molecule has 0 bridgehead atoms. The summed E-state index contributed by atoms with van der Waals surface area (Å²) in [4.78, 5) is 11.8. The highest BCUT2D eigenvalue weighted by Gasteiger charge is 2.18. The van der Waals surface area contributed by atoms with Crippen molar-refractivity contribution >= 4 is 0 Å². The van der Waals surface area contributed by atoms with Gasteiger partial charge in [0.2, 0.25) is 0 Å². The van der Waals surface area contributed by atoms with Crippen molar-refractivity contribution in [2.24, 2.45) is 0 Å². The topological polar surface area (TPSA) is 57.8 Å². The summed E-state index contributed by atoms with van der Waals surface area (Å²) in [5.41, 5.74) is 3.38. The molecule has 110 valence electrons. The van der Waals surface area contributed by atoms with Gasteiger partial charge in [0.15, 0.2) is 0 Å². The fourth-order valence-corrected chi connectivity index (χ4v) is 3.64. The highest BCUT2D eigenvalue weighted by molar-refractivity contribution is 5.30. The molecular weight excluding hydrogens is 250 g/mol. The van der Waals surface area contributed by atoms with Gasteiger partial charge in [0.25, 0.3) is 5.56 Å². The van der Waals surface area contributed by atoms with E-state index in [1.54, 1.807) is 0 Å². The molecule has 4 nitrogen and oxygen atoms in total. The van der Waals surface area contributed by atoms with Gasteiger partial charge in [-0.15, -0.1) is 0 Å². The number of hydrogen-bond donors (Lipinski definition) is 2. The van der Waals surface area contributed by atoms with Gasteiger partial charge >= 0.3 is 0 Å². The minimum Gasteiger partial charge on any atom is -0.314 e. The Balaban J connectivity index is 1.61. The number of nitrogens with zero attached hydrogens (tertiary/aromatic N) is 1. The van der Waals surface area contributed by atoms with Gasteiger partial charge in [0.1, 0.15) is 0 Å². The van der Waals surface area contributed by atoms with Crippen molar-refractivity contribution in [3.8, 4) is 0 Å². The van der Waals surface area contributed by atoms with E-state index >= 15 is 0 Å². The summed E-state index contributed by atoms with van der Waals surface area (Å²) in [7, 11) is 0. The maximum absolute atomic E-state index is 11.8. The number of aromatic amines is 1. The molecule has 0 radical (unpaired) electrons. The summed E-state index contributed by atoms with van der Waals surface area (Å²) < 4.78 is 0. The lowest BCUT2D eigenvalue weighted by Gasteiger charge is -2.23. The SMILES string of the molecule is O=c1[nH]nc(CCNC2CCCCC2)c2c1CCCC2. The third-order valence-corrected chi connectivity index (χ3v) is 4.78. The van der Waals surface area contributed by atoms with Gasteiger partial charge in [-0.05, 0) is 44.1 Å². The molecular formula is C16H25N3O. The molecule has 0 saturated heterocycles. The van der Waals surface area contributed by atoms with Crippen LogP contribution in [0, 0.1) is 0 Å². The molecule has 1 aromatic heterocycles. The van der Waals surface area contributed by atoms with Crippen LogP contribution in [0.15, 0.2) is 4.79 Å². The summed E-state index contributed by atoms with van der Waals surface area (Å²) in [6.45, 7) is 0.982. The molecule has 1 fully saturated rings. The highest BCUT2D eigenvalue weighted by atomic mass is 16.1. The molecule has 4 heteroatoms. The van der Waals surface area contributed by atoms with Crippen LogP contribution in [0.1, 0.15) is 61.8 Å². The molecule has 1 heterocycles. The molecule has 1 saturated carbocycles. The summed E-state index contributed by atoms with van der Waals surface area (Å²) in [6, 6.07) is 0.697. The molecule has 0 amide bonds. The average molecular weight is 275 g/mol. The van der Waals surface area contributed by atoms with Crippen molar-refractivity contribution in [3.05, 3.63) is 27.2 Å². The maximum Gasteiger partial charge on any atom is 0.267 e. The molecule has 1 aromatic rings. The van der Waals surface area contributed by atoms with Gasteiger partial charge in [0, 0.05) is 24.6 Å². The van der Waals surface area contributed by atoms with E-state index < -0.39 is 0 Å². The first-order chi connectivity index (χ1) is 9.84. The summed E-state index contributed by atoms with van der Waals surface area (Å²) in [5, 5.41) is 10.6. The molecule has 3 rings (SSSR count). The van der Waals surface area contributed by atoms with E-state index in [4.69, 9.17) is 0 Å². The van der Waals surface area contributed by atoms with E-state index in [0.717, 1.165) is 43.5 Å². The number of aromatic nitrogens is 2. The standard InChI is InChI=1S/C16H25N3O/c20-16-14-9-5-4-8-13(14)15(18-19-16)10-11-17-12-6-2-1-3-7-12/h12,17H,1-11H2,(H,19,20). The Kier molecular flexibility index (Phi) is 4.51. The lowest BCUT2D eigenvalue weighted by Crippen LogP contribution is -2.33. The van der Waals surface area contributed by atoms with Crippen molar-refractivity contribution in [3.63, 3.8) is 0 Å². The Morgan fingerprint density at radius 2 is 1.80 bits per heavy atom. The highest BCUT2D eigenvalue weighted by Crippen LogP contribution is 2.21. The fraction of sp³-hybridized carbons (Fsp3) is 0.750. The van der Waals surface area contributed by atoms with Gasteiger partial charge in [-0.2, -0.15) is 5.10 Å². The first-order valence-corrected chi connectivity index (χ1v) is 8.17. The minimum absolute atomic E-state index is 0.0312. The predicted molar refractivity (Wildman–Crippen MR) is 80.1 cm³/mol. The second-order valence-electron chi connectivity index (χ2n) is 6.20. The zero-order valence-corrected chi connectivity index (χ0v) is 12.2. The van der Waals surface area contributed by atoms with Crippen LogP contribution in [0.3, 0.4) is 0 Å². The quantitative estimate of drug-likeness (QED) is 0.885. The summed E-state index contributed by atoms with van der Waals surface area (Å²) in [6.07, 6.45) is 12.0. The van der Waals surface area contributed by atoms with Gasteiger partial charge in [-0.25, -0.2) is 5.10 Å². The summed E-state index contributed by atoms with van der Waals surface area (Å²) >= 11 is 0. The van der Waals surface area contributed by atoms with Crippen LogP contribution < -0.4 is 10.9 Å². The van der Waals surface area contributed by atoms with Crippen molar-refractivity contribution in [2.45, 2.75) is 70.3 Å². The first-order valence-electron chi connectivity index (χ1n) is 8.17. The second-order valence-corrected chi connectivity index (χ2v) is 6.20. The van der Waals surface area contributed by atoms with Crippen molar-refractivity contribution in [1.82, 2.24) is 15.5 Å². The Morgan fingerprint density at radius 1 is 1.05 bits per heavy atom. The van der Waals surface area contributed by atoms with Crippen LogP contribution in [-0.4, -0.2) is 22.8 Å². The average Bonchev–Trinajstić information content (AvgIpc) is 2.51. The van der Waals surface area contributed by atoms with Crippen LogP contribution in [-0.2, 0) is 19.3 Å². The van der Waals surface area contributed by atoms with E-state index in [1.165, 1.54) is 44.1 Å². The lowest BCUT2D eigenvalue weighted by molar-refractivity contribution is 0.375. The van der Waals surface area contributed by atoms with Crippen LogP contribution in [0.25, 0.3) is 0 Å². The van der Waals surface area contributed by atoms with E-state index in [9.17, 15) is 4.79 Å². The normalized spacial score (nSPS) is 19.8. The van der Waals surface area contributed by atoms with Gasteiger partial charge in [-0.1, -0.05) is 19.3 Å². The Hall–Kier alpha value is -1.16. The molecule has 2 aliphatic carbocycles. The smallest absolute Gasteiger partial charge is 0.267 e. The minimum atomic E-state index is 0.0312. The second kappa shape index (κ2) is 6.53. The van der Waals surface area contributed by atoms with Gasteiger partial charge in [0.05, 0.1) is 5.69 Å². The summed E-state index contributed by atoms with van der Waals surface area (Å²) in [5.74, 6) is 0. The molecule has 20 heavy (non-hydrogen) atoms. The van der Waals surface area contributed by atoms with Gasteiger partial charge < -0.3 is 5.32 Å². The van der Waals surface area contributed by atoms with Crippen molar-refractivity contribution in [1.29, 1.82) is 0 Å². The third-order valence-electron chi connectivity index (χ3n) is 4.78. The molecule has 0 unspecified atom stereocenters. The van der Waals surface area contributed by atoms with Crippen molar-refractivity contribution < 1.29 is 0 Å².